The van der Waals surface area contributed by atoms with Crippen molar-refractivity contribution >= 4 is 23.6 Å². The highest BCUT2D eigenvalue weighted by Crippen LogP contribution is 2.36. The molecular formula is C18H19N3O4. The van der Waals surface area contributed by atoms with Gasteiger partial charge in [0.15, 0.2) is 0 Å². The summed E-state index contributed by atoms with van der Waals surface area (Å²) in [5.41, 5.74) is 0.661. The van der Waals surface area contributed by atoms with Crippen molar-refractivity contribution in [3.05, 3.63) is 35.4 Å². The van der Waals surface area contributed by atoms with Gasteiger partial charge in [0.1, 0.15) is 0 Å². The van der Waals surface area contributed by atoms with Crippen molar-refractivity contribution in [1.29, 1.82) is 0 Å². The van der Waals surface area contributed by atoms with E-state index in [-0.39, 0.29) is 42.0 Å². The molecule has 0 aromatic heterocycles. The molecule has 3 aliphatic heterocycles. The van der Waals surface area contributed by atoms with E-state index < -0.39 is 0 Å². The summed E-state index contributed by atoms with van der Waals surface area (Å²) in [4.78, 5) is 51.5. The number of fused-ring (bicyclic) bond motifs is 1. The van der Waals surface area contributed by atoms with Crippen molar-refractivity contribution < 1.29 is 19.2 Å². The molecule has 7 nitrogen and oxygen atoms in total. The second kappa shape index (κ2) is 5.68. The molecule has 3 aliphatic rings. The largest absolute Gasteiger partial charge is 0.355 e. The maximum absolute atomic E-state index is 12.5. The second-order valence-electron chi connectivity index (χ2n) is 7.08. The van der Waals surface area contributed by atoms with Crippen LogP contribution in [0.25, 0.3) is 0 Å². The first-order valence-corrected chi connectivity index (χ1v) is 8.49. The molecule has 3 heterocycles. The third-order valence-electron chi connectivity index (χ3n) is 5.41. The number of likely N-dealkylation sites (tertiary alicyclic amines) is 1. The van der Waals surface area contributed by atoms with E-state index in [1.807, 2.05) is 0 Å². The molecule has 1 N–H and O–H groups in total. The van der Waals surface area contributed by atoms with E-state index in [1.165, 1.54) is 0 Å². The van der Waals surface area contributed by atoms with Crippen LogP contribution in [0, 0.1) is 5.41 Å². The lowest BCUT2D eigenvalue weighted by Crippen LogP contribution is -2.37. The van der Waals surface area contributed by atoms with Gasteiger partial charge >= 0.3 is 0 Å². The normalized spacial score (nSPS) is 25.0. The first kappa shape index (κ1) is 15.8. The summed E-state index contributed by atoms with van der Waals surface area (Å²) in [5.74, 6) is -0.707. The number of nitrogens with one attached hydrogen (secondary N) is 1. The topological polar surface area (TPSA) is 86.8 Å². The van der Waals surface area contributed by atoms with Crippen LogP contribution >= 0.6 is 0 Å². The molecule has 1 aromatic rings. The van der Waals surface area contributed by atoms with E-state index in [0.717, 1.165) is 11.3 Å². The minimum atomic E-state index is -0.336. The molecular weight excluding hydrogens is 322 g/mol. The number of nitrogens with zero attached hydrogens (tertiary/aromatic N) is 2. The number of hydrogen-bond donors (Lipinski definition) is 1. The summed E-state index contributed by atoms with van der Waals surface area (Å²) >= 11 is 0. The Morgan fingerprint density at radius 2 is 1.80 bits per heavy atom. The molecule has 0 bridgehead atoms. The van der Waals surface area contributed by atoms with Gasteiger partial charge in [-0.05, 0) is 18.6 Å². The Hall–Kier alpha value is -2.70. The molecule has 130 valence electrons. The van der Waals surface area contributed by atoms with Crippen LogP contribution < -0.4 is 5.32 Å². The lowest BCUT2D eigenvalue weighted by Gasteiger charge is -2.22. The van der Waals surface area contributed by atoms with Crippen molar-refractivity contribution in [3.63, 3.8) is 0 Å². The zero-order valence-corrected chi connectivity index (χ0v) is 13.8. The van der Waals surface area contributed by atoms with Crippen molar-refractivity contribution in [2.75, 3.05) is 26.2 Å². The first-order valence-electron chi connectivity index (χ1n) is 8.49. The third kappa shape index (κ3) is 2.59. The van der Waals surface area contributed by atoms with Crippen LogP contribution in [0.3, 0.4) is 0 Å². The van der Waals surface area contributed by atoms with Crippen molar-refractivity contribution in [2.45, 2.75) is 19.3 Å². The summed E-state index contributed by atoms with van der Waals surface area (Å²) in [6.07, 6.45) is 1.39. The SMILES string of the molecule is O=C1CC2(CCN(C(=O)CCN3C(=O)c4ccccc4C3=O)C2)CN1. The Morgan fingerprint density at radius 3 is 2.40 bits per heavy atom. The quantitative estimate of drug-likeness (QED) is 0.807. The summed E-state index contributed by atoms with van der Waals surface area (Å²) in [6, 6.07) is 6.70. The van der Waals surface area contributed by atoms with Crippen molar-refractivity contribution in [2.24, 2.45) is 5.41 Å². The molecule has 0 radical (unpaired) electrons. The number of benzene rings is 1. The van der Waals surface area contributed by atoms with Crippen LogP contribution in [0.4, 0.5) is 0 Å². The maximum Gasteiger partial charge on any atom is 0.261 e. The van der Waals surface area contributed by atoms with Gasteiger partial charge in [-0.1, -0.05) is 12.1 Å². The first-order chi connectivity index (χ1) is 12.0. The van der Waals surface area contributed by atoms with E-state index in [4.69, 9.17) is 0 Å². The van der Waals surface area contributed by atoms with E-state index in [2.05, 4.69) is 5.32 Å². The number of carbonyl (C=O) groups excluding carboxylic acids is 4. The van der Waals surface area contributed by atoms with Crippen LogP contribution in [0.15, 0.2) is 24.3 Å². The number of carbonyl (C=O) groups is 4. The van der Waals surface area contributed by atoms with E-state index in [0.29, 0.717) is 37.2 Å². The van der Waals surface area contributed by atoms with Crippen LogP contribution in [-0.4, -0.2) is 59.6 Å². The molecule has 1 spiro atoms. The predicted molar refractivity (Wildman–Crippen MR) is 87.7 cm³/mol. The molecule has 1 unspecified atom stereocenters. The minimum Gasteiger partial charge on any atom is -0.355 e. The van der Waals surface area contributed by atoms with Gasteiger partial charge in [-0.3, -0.25) is 24.1 Å². The van der Waals surface area contributed by atoms with Gasteiger partial charge in [0.05, 0.1) is 11.1 Å². The highest BCUT2D eigenvalue weighted by atomic mass is 16.2. The number of amides is 4. The summed E-state index contributed by atoms with van der Waals surface area (Å²) in [6.45, 7) is 1.89. The zero-order chi connectivity index (χ0) is 17.6. The fraction of sp³-hybridized carbons (Fsp3) is 0.444. The Labute approximate surface area is 145 Å². The van der Waals surface area contributed by atoms with Gasteiger partial charge in [0.2, 0.25) is 11.8 Å². The molecule has 4 amide bonds. The van der Waals surface area contributed by atoms with Gasteiger partial charge in [-0.15, -0.1) is 0 Å². The molecule has 1 aromatic carbocycles. The number of rotatable bonds is 3. The van der Waals surface area contributed by atoms with Crippen LogP contribution in [0.2, 0.25) is 0 Å². The Balaban J connectivity index is 1.37. The molecule has 7 heteroatoms. The lowest BCUT2D eigenvalue weighted by molar-refractivity contribution is -0.130. The van der Waals surface area contributed by atoms with Gasteiger partial charge in [-0.25, -0.2) is 0 Å². The predicted octanol–water partition coefficient (Wildman–Crippen LogP) is 0.411. The molecule has 25 heavy (non-hydrogen) atoms. The smallest absolute Gasteiger partial charge is 0.261 e. The number of imide groups is 1. The monoisotopic (exact) mass is 341 g/mol. The fourth-order valence-corrected chi connectivity index (χ4v) is 4.00. The average Bonchev–Trinajstić information content (AvgIpc) is 3.26. The van der Waals surface area contributed by atoms with Crippen LogP contribution in [0.5, 0.6) is 0 Å². The standard InChI is InChI=1S/C18H19N3O4/c22-14-9-18(10-19-14)6-8-20(11-18)15(23)5-7-21-16(24)12-3-1-2-4-13(12)17(21)25/h1-4H,5-11H2,(H,19,22). The fourth-order valence-electron chi connectivity index (χ4n) is 4.00. The zero-order valence-electron chi connectivity index (χ0n) is 13.8. The number of hydrogen-bond acceptors (Lipinski definition) is 4. The van der Waals surface area contributed by atoms with Gasteiger partial charge in [-0.2, -0.15) is 0 Å². The third-order valence-corrected chi connectivity index (χ3v) is 5.41. The Kier molecular flexibility index (Phi) is 3.59. The van der Waals surface area contributed by atoms with Crippen LogP contribution in [0.1, 0.15) is 40.0 Å². The second-order valence-corrected chi connectivity index (χ2v) is 7.08. The Bertz CT molecular complexity index is 755. The molecule has 0 saturated carbocycles. The molecule has 0 aliphatic carbocycles. The minimum absolute atomic E-state index is 0.0420. The molecule has 1 atom stereocenters. The average molecular weight is 341 g/mol. The molecule has 4 rings (SSSR count). The summed E-state index contributed by atoms with van der Waals surface area (Å²) in [7, 11) is 0. The summed E-state index contributed by atoms with van der Waals surface area (Å²) < 4.78 is 0. The highest BCUT2D eigenvalue weighted by Gasteiger charge is 2.45. The van der Waals surface area contributed by atoms with Gasteiger partial charge in [0, 0.05) is 44.4 Å². The van der Waals surface area contributed by atoms with E-state index >= 15 is 0 Å². The van der Waals surface area contributed by atoms with Crippen LogP contribution in [-0.2, 0) is 9.59 Å². The van der Waals surface area contributed by atoms with Gasteiger partial charge < -0.3 is 10.2 Å². The van der Waals surface area contributed by atoms with Crippen molar-refractivity contribution in [3.8, 4) is 0 Å². The molecule has 2 saturated heterocycles. The van der Waals surface area contributed by atoms with E-state index in [9.17, 15) is 19.2 Å². The highest BCUT2D eigenvalue weighted by molar-refractivity contribution is 6.21. The van der Waals surface area contributed by atoms with Gasteiger partial charge in [0.25, 0.3) is 11.8 Å². The van der Waals surface area contributed by atoms with E-state index in [1.54, 1.807) is 29.2 Å². The summed E-state index contributed by atoms with van der Waals surface area (Å²) in [5, 5.41) is 2.84. The lowest BCUT2D eigenvalue weighted by atomic mass is 9.86. The van der Waals surface area contributed by atoms with Crippen molar-refractivity contribution in [1.82, 2.24) is 15.1 Å². The Morgan fingerprint density at radius 1 is 1.12 bits per heavy atom. The maximum atomic E-state index is 12.5. The molecule has 2 fully saturated rings.